The van der Waals surface area contributed by atoms with Gasteiger partial charge in [-0.2, -0.15) is 18.3 Å². The number of halogens is 3. The summed E-state index contributed by atoms with van der Waals surface area (Å²) in [6.45, 7) is 2.74. The molecule has 1 aromatic carbocycles. The van der Waals surface area contributed by atoms with Gasteiger partial charge in [-0.25, -0.2) is 4.98 Å². The number of piperidine rings is 1. The molecule has 0 radical (unpaired) electrons. The number of carbonyl (C=O) groups is 5. The molecule has 2 bridgehead atoms. The summed E-state index contributed by atoms with van der Waals surface area (Å²) >= 11 is 0. The molecule has 0 spiro atoms. The van der Waals surface area contributed by atoms with Crippen LogP contribution in [0.2, 0.25) is 0 Å². The van der Waals surface area contributed by atoms with Crippen molar-refractivity contribution >= 4 is 45.8 Å². The number of benzene rings is 1. The third-order valence-corrected chi connectivity index (χ3v) is 11.2. The second-order valence-corrected chi connectivity index (χ2v) is 15.0. The Balaban J connectivity index is 1.25. The van der Waals surface area contributed by atoms with Crippen molar-refractivity contribution in [3.63, 3.8) is 0 Å². The number of carbonyl (C=O) groups excluding carboxylic acids is 5. The Morgan fingerprint density at radius 2 is 1.75 bits per heavy atom. The van der Waals surface area contributed by atoms with E-state index in [1.807, 2.05) is 6.07 Å². The standard InChI is InChI=1S/C38H42F3N5O5/c1-21-9-12-31(38(39,40)41)43-28(21)17-30(49)29-18-37-14-13-26(48)8-6-4-3-5-7-24-15-25(42-36(51)23-10-11-23)16-27-34(22(2)47)44-45(35(24)27)20-33(50)46(29)32(37)19-37/h9,12,15-16,23,29,32H,3-8,10-11,13-14,17-20H2,1-2H3,(H,42,51)/t29-,32+,37-/m0/s1. The first-order valence-electron chi connectivity index (χ1n) is 18.0. The Labute approximate surface area is 293 Å². The van der Waals surface area contributed by atoms with Crippen LogP contribution in [0.4, 0.5) is 18.9 Å². The minimum Gasteiger partial charge on any atom is -0.327 e. The highest BCUT2D eigenvalue weighted by molar-refractivity contribution is 6.08. The van der Waals surface area contributed by atoms with E-state index in [1.165, 1.54) is 17.7 Å². The van der Waals surface area contributed by atoms with Gasteiger partial charge in [-0.15, -0.1) is 0 Å². The van der Waals surface area contributed by atoms with Gasteiger partial charge in [-0.05, 0) is 93.0 Å². The monoisotopic (exact) mass is 705 g/mol. The van der Waals surface area contributed by atoms with Crippen molar-refractivity contribution in [3.8, 4) is 0 Å². The molecule has 7 rings (SSSR count). The Hall–Kier alpha value is -4.42. The molecule has 1 N–H and O–H groups in total. The molecule has 13 heteroatoms. The molecule has 3 aromatic rings. The highest BCUT2D eigenvalue weighted by Crippen LogP contribution is 2.62. The van der Waals surface area contributed by atoms with Gasteiger partial charge in [0.1, 0.15) is 23.7 Å². The van der Waals surface area contributed by atoms with Crippen LogP contribution in [0.5, 0.6) is 0 Å². The van der Waals surface area contributed by atoms with Gasteiger partial charge in [0.25, 0.3) is 0 Å². The summed E-state index contributed by atoms with van der Waals surface area (Å²) in [5, 5.41) is 8.15. The summed E-state index contributed by atoms with van der Waals surface area (Å²) in [7, 11) is 0. The molecule has 3 fully saturated rings. The number of Topliss-reactive ketones (excluding diaryl/α,β-unsaturated/α-hetero) is 3. The average molecular weight is 706 g/mol. The van der Waals surface area contributed by atoms with Crippen LogP contribution >= 0.6 is 0 Å². The summed E-state index contributed by atoms with van der Waals surface area (Å²) in [6.07, 6.45) is 2.78. The molecule has 2 amide bonds. The van der Waals surface area contributed by atoms with Gasteiger partial charge in [0.05, 0.1) is 23.7 Å². The van der Waals surface area contributed by atoms with Crippen LogP contribution in [0.15, 0.2) is 24.3 Å². The van der Waals surface area contributed by atoms with Gasteiger partial charge in [0.2, 0.25) is 11.8 Å². The Morgan fingerprint density at radius 1 is 1.00 bits per heavy atom. The number of aromatic nitrogens is 3. The zero-order chi connectivity index (χ0) is 36.2. The molecule has 1 saturated heterocycles. The van der Waals surface area contributed by atoms with Crippen molar-refractivity contribution in [1.82, 2.24) is 19.7 Å². The summed E-state index contributed by atoms with van der Waals surface area (Å²) in [4.78, 5) is 72.3. The Morgan fingerprint density at radius 3 is 2.45 bits per heavy atom. The Kier molecular flexibility index (Phi) is 9.12. The van der Waals surface area contributed by atoms with Gasteiger partial charge in [-0.1, -0.05) is 18.9 Å². The fourth-order valence-corrected chi connectivity index (χ4v) is 8.16. The van der Waals surface area contributed by atoms with Crippen LogP contribution < -0.4 is 5.32 Å². The zero-order valence-electron chi connectivity index (χ0n) is 28.9. The van der Waals surface area contributed by atoms with Crippen molar-refractivity contribution < 1.29 is 37.1 Å². The maximum atomic E-state index is 14.4. The number of anilines is 1. The summed E-state index contributed by atoms with van der Waals surface area (Å²) in [5.41, 5.74) is 1.13. The lowest BCUT2D eigenvalue weighted by Crippen LogP contribution is -2.45. The number of aryl methyl sites for hydroxylation is 2. The van der Waals surface area contributed by atoms with Gasteiger partial charge >= 0.3 is 6.18 Å². The molecule has 51 heavy (non-hydrogen) atoms. The van der Waals surface area contributed by atoms with Crippen LogP contribution in [0.1, 0.15) is 111 Å². The Bertz CT molecular complexity index is 1950. The number of nitrogens with zero attached hydrogens (tertiary/aromatic N) is 4. The van der Waals surface area contributed by atoms with Crippen molar-refractivity contribution in [3.05, 3.63) is 52.5 Å². The molecule has 2 saturated carbocycles. The number of alkyl halides is 3. The van der Waals surface area contributed by atoms with Crippen molar-refractivity contribution in [2.45, 2.75) is 122 Å². The summed E-state index contributed by atoms with van der Waals surface area (Å²) in [6, 6.07) is 4.60. The topological polar surface area (TPSA) is 131 Å². The highest BCUT2D eigenvalue weighted by Gasteiger charge is 2.66. The van der Waals surface area contributed by atoms with Crippen LogP contribution in [-0.4, -0.2) is 60.9 Å². The number of amides is 2. The first-order valence-corrected chi connectivity index (χ1v) is 18.0. The predicted octanol–water partition coefficient (Wildman–Crippen LogP) is 6.34. The summed E-state index contributed by atoms with van der Waals surface area (Å²) in [5.74, 6) is -1.05. The van der Waals surface area contributed by atoms with E-state index in [0.717, 1.165) is 50.2 Å². The molecule has 2 aromatic heterocycles. The lowest BCUT2D eigenvalue weighted by Gasteiger charge is -2.27. The maximum Gasteiger partial charge on any atom is 0.433 e. The van der Waals surface area contributed by atoms with E-state index in [-0.39, 0.29) is 53.8 Å². The lowest BCUT2D eigenvalue weighted by atomic mass is 9.89. The van der Waals surface area contributed by atoms with Gasteiger partial charge in [0.15, 0.2) is 11.6 Å². The van der Waals surface area contributed by atoms with Crippen LogP contribution in [0.3, 0.4) is 0 Å². The number of pyridine rings is 1. The maximum absolute atomic E-state index is 14.4. The third-order valence-electron chi connectivity index (χ3n) is 11.2. The fraction of sp³-hybridized carbons (Fsp3) is 0.553. The molecule has 2 aliphatic carbocycles. The van der Waals surface area contributed by atoms with E-state index in [0.29, 0.717) is 60.7 Å². The minimum atomic E-state index is -4.67. The highest BCUT2D eigenvalue weighted by atomic mass is 19.4. The van der Waals surface area contributed by atoms with Gasteiger partial charge < -0.3 is 10.2 Å². The first kappa shape index (κ1) is 35.0. The molecule has 3 atom stereocenters. The number of nitrogens with one attached hydrogen (secondary N) is 1. The molecule has 10 nitrogen and oxygen atoms in total. The van der Waals surface area contributed by atoms with E-state index in [1.54, 1.807) is 17.9 Å². The molecule has 4 heterocycles. The van der Waals surface area contributed by atoms with Crippen molar-refractivity contribution in [2.75, 3.05) is 5.32 Å². The molecular formula is C38H42F3N5O5. The predicted molar refractivity (Wildman–Crippen MR) is 181 cm³/mol. The van der Waals surface area contributed by atoms with E-state index >= 15 is 0 Å². The van der Waals surface area contributed by atoms with Crippen molar-refractivity contribution in [2.24, 2.45) is 11.3 Å². The van der Waals surface area contributed by atoms with Crippen LogP contribution in [0, 0.1) is 18.3 Å². The number of ketones is 3. The first-order chi connectivity index (χ1) is 24.2. The van der Waals surface area contributed by atoms with E-state index < -0.39 is 35.0 Å². The SMILES string of the molecule is CC(=O)c1nn2c3c(cc(NC(=O)C4CC4)cc13)CCCCCCC(=O)CC[C@@]13C[C@@H](C(=O)Cc4nc(C(F)(F)F)ccc4C)N(C(=O)C2)[C@@H]1C3. The smallest absolute Gasteiger partial charge is 0.327 e. The normalized spacial score (nSPS) is 24.3. The summed E-state index contributed by atoms with van der Waals surface area (Å²) < 4.78 is 42.0. The van der Waals surface area contributed by atoms with Crippen LogP contribution in [-0.2, 0) is 44.7 Å². The zero-order valence-corrected chi connectivity index (χ0v) is 28.9. The number of hydrogen-bond donors (Lipinski definition) is 1. The van der Waals surface area contributed by atoms with Crippen LogP contribution in [0.25, 0.3) is 10.9 Å². The van der Waals surface area contributed by atoms with Gasteiger partial charge in [-0.3, -0.25) is 28.7 Å². The molecule has 2 aliphatic heterocycles. The fourth-order valence-electron chi connectivity index (χ4n) is 8.16. The third kappa shape index (κ3) is 7.08. The van der Waals surface area contributed by atoms with E-state index in [2.05, 4.69) is 15.4 Å². The van der Waals surface area contributed by atoms with E-state index in [4.69, 9.17) is 0 Å². The second kappa shape index (κ2) is 13.3. The molecule has 0 unspecified atom stereocenters. The quantitative estimate of drug-likeness (QED) is 0.296. The largest absolute Gasteiger partial charge is 0.433 e. The molecule has 270 valence electrons. The minimum absolute atomic E-state index is 0.0138. The molecule has 4 aliphatic rings. The van der Waals surface area contributed by atoms with Gasteiger partial charge in [0, 0.05) is 42.8 Å². The average Bonchev–Trinajstić information content (AvgIpc) is 3.98. The molecular weight excluding hydrogens is 663 g/mol. The number of rotatable bonds is 6. The number of hydrogen-bond acceptors (Lipinski definition) is 7. The van der Waals surface area contributed by atoms with E-state index in [9.17, 15) is 37.1 Å². The second-order valence-electron chi connectivity index (χ2n) is 15.0. The van der Waals surface area contributed by atoms with Crippen molar-refractivity contribution in [1.29, 1.82) is 0 Å². The lowest BCUT2D eigenvalue weighted by molar-refractivity contribution is -0.141.